The van der Waals surface area contributed by atoms with Gasteiger partial charge in [0.2, 0.25) is 5.91 Å². The number of rotatable bonds is 10. The molecule has 1 aliphatic rings. The van der Waals surface area contributed by atoms with Crippen LogP contribution in [0.25, 0.3) is 10.2 Å². The van der Waals surface area contributed by atoms with E-state index in [-0.39, 0.29) is 5.91 Å². The Morgan fingerprint density at radius 1 is 1.24 bits per heavy atom. The molecule has 3 aromatic rings. The maximum Gasteiger partial charge on any atom is 0.228 e. The second-order valence-corrected chi connectivity index (χ2v) is 10.7. The van der Waals surface area contributed by atoms with Crippen LogP contribution in [0.4, 0.5) is 5.13 Å². The molecule has 182 valence electrons. The van der Waals surface area contributed by atoms with Crippen LogP contribution in [0, 0.1) is 6.92 Å². The van der Waals surface area contributed by atoms with E-state index in [2.05, 4.69) is 36.1 Å². The Morgan fingerprint density at radius 2 is 2.00 bits per heavy atom. The maximum absolute atomic E-state index is 13.4. The van der Waals surface area contributed by atoms with Gasteiger partial charge in [-0.1, -0.05) is 40.6 Å². The molecule has 1 aromatic heterocycles. The lowest BCUT2D eigenvalue weighted by Crippen LogP contribution is -2.43. The van der Waals surface area contributed by atoms with Gasteiger partial charge in [-0.15, -0.1) is 11.8 Å². The number of nitrogens with zero attached hydrogens (tertiary/aromatic N) is 3. The Hall–Kier alpha value is -1.84. The van der Waals surface area contributed by atoms with E-state index in [1.807, 2.05) is 17.0 Å². The van der Waals surface area contributed by atoms with Gasteiger partial charge in [0.05, 0.1) is 30.0 Å². The van der Waals surface area contributed by atoms with Crippen molar-refractivity contribution in [2.75, 3.05) is 57.2 Å². The normalized spacial score (nSPS) is 14.4. The summed E-state index contributed by atoms with van der Waals surface area (Å²) in [6.45, 7) is 6.70. The largest absolute Gasteiger partial charge is 0.494 e. The van der Waals surface area contributed by atoms with Gasteiger partial charge in [0.25, 0.3) is 0 Å². The number of methoxy groups -OCH3 is 1. The Labute approximate surface area is 214 Å². The molecule has 1 aliphatic heterocycles. The molecule has 0 aliphatic carbocycles. The van der Waals surface area contributed by atoms with Crippen LogP contribution >= 0.6 is 34.7 Å². The summed E-state index contributed by atoms with van der Waals surface area (Å²) in [6, 6.07) is 12.1. The molecule has 6 nitrogen and oxygen atoms in total. The van der Waals surface area contributed by atoms with E-state index in [9.17, 15) is 4.79 Å². The molecule has 2 aromatic carbocycles. The molecular weight excluding hydrogens is 490 g/mol. The number of ether oxygens (including phenoxy) is 2. The van der Waals surface area contributed by atoms with Crippen LogP contribution in [0.3, 0.4) is 0 Å². The predicted molar refractivity (Wildman–Crippen MR) is 142 cm³/mol. The van der Waals surface area contributed by atoms with Crippen molar-refractivity contribution in [2.24, 2.45) is 0 Å². The van der Waals surface area contributed by atoms with E-state index >= 15 is 0 Å². The Bertz CT molecular complexity index is 1100. The molecule has 4 rings (SSSR count). The third-order valence-corrected chi connectivity index (χ3v) is 8.40. The first-order valence-electron chi connectivity index (χ1n) is 11.5. The van der Waals surface area contributed by atoms with E-state index in [0.717, 1.165) is 49.7 Å². The second kappa shape index (κ2) is 12.2. The Morgan fingerprint density at radius 3 is 2.74 bits per heavy atom. The van der Waals surface area contributed by atoms with E-state index < -0.39 is 0 Å². The summed E-state index contributed by atoms with van der Waals surface area (Å²) in [5, 5.41) is 1.29. The number of halogens is 1. The van der Waals surface area contributed by atoms with Crippen LogP contribution in [0.5, 0.6) is 5.75 Å². The smallest absolute Gasteiger partial charge is 0.228 e. The highest BCUT2D eigenvalue weighted by Gasteiger charge is 2.23. The molecule has 0 spiro atoms. The minimum absolute atomic E-state index is 0.0897. The molecular formula is C25H30ClN3O3S2. The van der Waals surface area contributed by atoms with Crippen LogP contribution in [0.2, 0.25) is 5.02 Å². The average molecular weight is 520 g/mol. The fourth-order valence-electron chi connectivity index (χ4n) is 3.80. The molecule has 1 fully saturated rings. The van der Waals surface area contributed by atoms with Crippen molar-refractivity contribution < 1.29 is 14.3 Å². The first kappa shape index (κ1) is 25.3. The second-order valence-electron chi connectivity index (χ2n) is 8.19. The topological polar surface area (TPSA) is 54.9 Å². The van der Waals surface area contributed by atoms with Crippen molar-refractivity contribution in [3.05, 3.63) is 47.0 Å². The van der Waals surface area contributed by atoms with Gasteiger partial charge >= 0.3 is 0 Å². The van der Waals surface area contributed by atoms with Crippen LogP contribution in [-0.2, 0) is 9.53 Å². The molecule has 2 heterocycles. The van der Waals surface area contributed by atoms with Gasteiger partial charge in [0.15, 0.2) is 5.13 Å². The lowest BCUT2D eigenvalue weighted by Gasteiger charge is -2.29. The summed E-state index contributed by atoms with van der Waals surface area (Å²) in [6.07, 6.45) is 1.28. The number of amides is 1. The van der Waals surface area contributed by atoms with Crippen LogP contribution in [0.15, 0.2) is 41.3 Å². The lowest BCUT2D eigenvalue weighted by atomic mass is 10.2. The summed E-state index contributed by atoms with van der Waals surface area (Å²) in [5.41, 5.74) is 1.96. The number of anilines is 1. The van der Waals surface area contributed by atoms with Crippen LogP contribution < -0.4 is 9.64 Å². The Balaban J connectivity index is 1.45. The molecule has 0 saturated carbocycles. The quantitative estimate of drug-likeness (QED) is 0.260. The molecule has 0 bridgehead atoms. The zero-order valence-corrected chi connectivity index (χ0v) is 22.0. The van der Waals surface area contributed by atoms with Gasteiger partial charge in [-0.25, -0.2) is 4.98 Å². The molecule has 0 radical (unpaired) electrons. The first-order valence-corrected chi connectivity index (χ1v) is 13.7. The van der Waals surface area contributed by atoms with Gasteiger partial charge < -0.3 is 9.47 Å². The number of hydrogen-bond donors (Lipinski definition) is 0. The molecule has 0 atom stereocenters. The monoisotopic (exact) mass is 519 g/mol. The molecule has 0 unspecified atom stereocenters. The van der Waals surface area contributed by atoms with Crippen molar-refractivity contribution in [1.82, 2.24) is 9.88 Å². The summed E-state index contributed by atoms with van der Waals surface area (Å²) in [5.74, 6) is 1.65. The van der Waals surface area contributed by atoms with Crippen molar-refractivity contribution in [3.63, 3.8) is 0 Å². The maximum atomic E-state index is 13.4. The van der Waals surface area contributed by atoms with Gasteiger partial charge in [-0.2, -0.15) is 0 Å². The first-order chi connectivity index (χ1) is 16.5. The lowest BCUT2D eigenvalue weighted by molar-refractivity contribution is -0.118. The zero-order valence-electron chi connectivity index (χ0n) is 19.6. The summed E-state index contributed by atoms with van der Waals surface area (Å²) in [4.78, 5) is 23.5. The standard InChI is InChI=1S/C25H30ClN3O3S2/c1-18-5-7-19(8-6-18)33-17-3-4-22(30)29(12-11-28-13-15-32-16-14-28)25-27-23-21(31-2)10-9-20(26)24(23)34-25/h5-10H,3-4,11-17H2,1-2H3. The minimum atomic E-state index is 0.0897. The molecule has 0 N–H and O–H groups in total. The number of hydrogen-bond acceptors (Lipinski definition) is 7. The van der Waals surface area contributed by atoms with Crippen molar-refractivity contribution in [3.8, 4) is 5.75 Å². The fraction of sp³-hybridized carbons (Fsp3) is 0.440. The van der Waals surface area contributed by atoms with Gasteiger partial charge in [0, 0.05) is 37.5 Å². The van der Waals surface area contributed by atoms with Crippen molar-refractivity contribution in [2.45, 2.75) is 24.7 Å². The third-order valence-electron chi connectivity index (χ3n) is 5.77. The van der Waals surface area contributed by atoms with E-state index in [1.54, 1.807) is 18.9 Å². The van der Waals surface area contributed by atoms with Gasteiger partial charge in [0.1, 0.15) is 11.3 Å². The number of benzene rings is 2. The Kier molecular flexibility index (Phi) is 9.08. The number of aromatic nitrogens is 1. The summed E-state index contributed by atoms with van der Waals surface area (Å²) in [7, 11) is 1.62. The van der Waals surface area contributed by atoms with E-state index in [4.69, 9.17) is 26.1 Å². The molecule has 1 saturated heterocycles. The van der Waals surface area contributed by atoms with Gasteiger partial charge in [-0.05, 0) is 43.4 Å². The number of fused-ring (bicyclic) bond motifs is 1. The highest BCUT2D eigenvalue weighted by Crippen LogP contribution is 2.39. The molecule has 1 amide bonds. The fourth-order valence-corrected chi connectivity index (χ4v) is 5.95. The molecule has 34 heavy (non-hydrogen) atoms. The zero-order chi connectivity index (χ0) is 23.9. The number of thiazole rings is 1. The van der Waals surface area contributed by atoms with E-state index in [1.165, 1.54) is 21.8 Å². The number of thioether (sulfide) groups is 1. The number of carbonyl (C=O) groups is 1. The van der Waals surface area contributed by atoms with Crippen LogP contribution in [-0.4, -0.2) is 68.0 Å². The third kappa shape index (κ3) is 6.43. The van der Waals surface area contributed by atoms with Crippen molar-refractivity contribution >= 4 is 56.0 Å². The predicted octanol–water partition coefficient (Wildman–Crippen LogP) is 5.50. The highest BCUT2D eigenvalue weighted by atomic mass is 35.5. The van der Waals surface area contributed by atoms with Crippen molar-refractivity contribution in [1.29, 1.82) is 0 Å². The van der Waals surface area contributed by atoms with Crippen LogP contribution in [0.1, 0.15) is 18.4 Å². The van der Waals surface area contributed by atoms with Gasteiger partial charge in [-0.3, -0.25) is 14.6 Å². The minimum Gasteiger partial charge on any atom is -0.494 e. The number of carbonyl (C=O) groups excluding carboxylic acids is 1. The summed E-state index contributed by atoms with van der Waals surface area (Å²) >= 11 is 9.67. The average Bonchev–Trinajstić information content (AvgIpc) is 3.30. The SMILES string of the molecule is COc1ccc(Cl)c2sc(N(CCN3CCOCC3)C(=O)CCCSc3ccc(C)cc3)nc12. The number of aryl methyl sites for hydroxylation is 1. The highest BCUT2D eigenvalue weighted by molar-refractivity contribution is 7.99. The number of morpholine rings is 1. The summed E-state index contributed by atoms with van der Waals surface area (Å²) < 4.78 is 11.8. The molecule has 9 heteroatoms. The van der Waals surface area contributed by atoms with E-state index in [0.29, 0.717) is 34.4 Å².